The molecule has 0 aliphatic carbocycles. The van der Waals surface area contributed by atoms with Gasteiger partial charge in [0.05, 0.1) is 12.2 Å². The molecule has 3 N–H and O–H groups in total. The molecular weight excluding hydrogens is 216 g/mol. The molecule has 0 aliphatic rings. The van der Waals surface area contributed by atoms with Crippen molar-refractivity contribution >= 4 is 5.91 Å². The van der Waals surface area contributed by atoms with E-state index in [9.17, 15) is 4.79 Å². The Morgan fingerprint density at radius 2 is 2.24 bits per heavy atom. The van der Waals surface area contributed by atoms with Gasteiger partial charge in [-0.05, 0) is 26.8 Å². The Kier molecular flexibility index (Phi) is 4.69. The lowest BCUT2D eigenvalue weighted by atomic mass is 10.1. The van der Waals surface area contributed by atoms with E-state index in [0.717, 1.165) is 11.3 Å². The molecule has 1 rings (SSSR count). The molecule has 1 heterocycles. The lowest BCUT2D eigenvalue weighted by molar-refractivity contribution is -0.125. The number of carbonyl (C=O) groups excluding carboxylic acids is 1. The predicted molar refractivity (Wildman–Crippen MR) is 67.3 cm³/mol. The van der Waals surface area contributed by atoms with Crippen LogP contribution >= 0.6 is 0 Å². The summed E-state index contributed by atoms with van der Waals surface area (Å²) in [5.41, 5.74) is 7.57. The molecule has 0 bridgehead atoms. The highest BCUT2D eigenvalue weighted by Crippen LogP contribution is 2.16. The largest absolute Gasteiger partial charge is 0.349 e. The van der Waals surface area contributed by atoms with Gasteiger partial charge in [-0.3, -0.25) is 9.48 Å². The van der Waals surface area contributed by atoms with E-state index >= 15 is 0 Å². The van der Waals surface area contributed by atoms with Crippen LogP contribution in [0.2, 0.25) is 0 Å². The van der Waals surface area contributed by atoms with Crippen molar-refractivity contribution in [2.75, 3.05) is 6.54 Å². The first-order valence-electron chi connectivity index (χ1n) is 5.96. The molecule has 0 aliphatic heterocycles. The molecule has 96 valence electrons. The van der Waals surface area contributed by atoms with Gasteiger partial charge >= 0.3 is 0 Å². The summed E-state index contributed by atoms with van der Waals surface area (Å²) in [6, 6.07) is -0.0172. The van der Waals surface area contributed by atoms with Crippen LogP contribution in [0.15, 0.2) is 6.20 Å². The number of rotatable bonds is 5. The molecule has 5 nitrogen and oxygen atoms in total. The van der Waals surface area contributed by atoms with Crippen LogP contribution < -0.4 is 11.1 Å². The van der Waals surface area contributed by atoms with E-state index in [-0.39, 0.29) is 17.9 Å². The van der Waals surface area contributed by atoms with E-state index in [2.05, 4.69) is 10.4 Å². The zero-order chi connectivity index (χ0) is 13.0. The molecule has 2 unspecified atom stereocenters. The number of amides is 1. The van der Waals surface area contributed by atoms with E-state index in [1.165, 1.54) is 0 Å². The molecule has 0 aromatic carbocycles. The van der Waals surface area contributed by atoms with Gasteiger partial charge in [-0.2, -0.15) is 5.10 Å². The van der Waals surface area contributed by atoms with Gasteiger partial charge < -0.3 is 11.1 Å². The molecule has 0 saturated carbocycles. The van der Waals surface area contributed by atoms with E-state index in [1.807, 2.05) is 27.8 Å². The molecule has 1 aromatic rings. The highest BCUT2D eigenvalue weighted by Gasteiger charge is 2.17. The predicted octanol–water partition coefficient (Wildman–Crippen LogP) is 0.891. The van der Waals surface area contributed by atoms with Crippen molar-refractivity contribution < 1.29 is 4.79 Å². The molecule has 0 spiro atoms. The number of nitrogens with two attached hydrogens (primary N) is 1. The number of aromatic nitrogens is 2. The zero-order valence-corrected chi connectivity index (χ0v) is 11.0. The van der Waals surface area contributed by atoms with Gasteiger partial charge in [0.25, 0.3) is 0 Å². The van der Waals surface area contributed by atoms with Crippen LogP contribution in [0.1, 0.15) is 37.6 Å². The molecule has 0 fully saturated rings. The number of nitrogens with one attached hydrogen (secondary N) is 1. The van der Waals surface area contributed by atoms with Gasteiger partial charge in [0.15, 0.2) is 0 Å². The van der Waals surface area contributed by atoms with Gasteiger partial charge in [0, 0.05) is 24.2 Å². The molecule has 0 radical (unpaired) electrons. The monoisotopic (exact) mass is 238 g/mol. The molecule has 1 aromatic heterocycles. The lowest BCUT2D eigenvalue weighted by Crippen LogP contribution is -2.32. The van der Waals surface area contributed by atoms with Gasteiger partial charge in [-0.1, -0.05) is 6.92 Å². The summed E-state index contributed by atoms with van der Waals surface area (Å²) in [6.45, 7) is 6.39. The summed E-state index contributed by atoms with van der Waals surface area (Å²) in [7, 11) is 1.89. The highest BCUT2D eigenvalue weighted by atomic mass is 16.1. The van der Waals surface area contributed by atoms with Gasteiger partial charge in [0.2, 0.25) is 5.91 Å². The van der Waals surface area contributed by atoms with Crippen molar-refractivity contribution in [3.8, 4) is 0 Å². The Balaban J connectivity index is 2.63. The quantitative estimate of drug-likeness (QED) is 0.800. The maximum absolute atomic E-state index is 11.8. The van der Waals surface area contributed by atoms with Crippen molar-refractivity contribution in [2.24, 2.45) is 18.7 Å². The van der Waals surface area contributed by atoms with Crippen molar-refractivity contribution in [3.63, 3.8) is 0 Å². The van der Waals surface area contributed by atoms with E-state index in [1.54, 1.807) is 10.9 Å². The number of hydrogen-bond acceptors (Lipinski definition) is 3. The van der Waals surface area contributed by atoms with Gasteiger partial charge in [-0.25, -0.2) is 0 Å². The highest BCUT2D eigenvalue weighted by molar-refractivity contribution is 5.78. The zero-order valence-electron chi connectivity index (χ0n) is 11.0. The second-order valence-electron chi connectivity index (χ2n) is 4.52. The molecule has 0 saturated heterocycles. The van der Waals surface area contributed by atoms with Crippen molar-refractivity contribution in [1.82, 2.24) is 15.1 Å². The van der Waals surface area contributed by atoms with Crippen LogP contribution in [0.4, 0.5) is 0 Å². The number of aryl methyl sites for hydroxylation is 1. The van der Waals surface area contributed by atoms with E-state index in [4.69, 9.17) is 5.73 Å². The van der Waals surface area contributed by atoms with Gasteiger partial charge in [0.1, 0.15) is 0 Å². The number of hydrogen-bond donors (Lipinski definition) is 2. The summed E-state index contributed by atoms with van der Waals surface area (Å²) in [6.07, 6.45) is 2.51. The lowest BCUT2D eigenvalue weighted by Gasteiger charge is -2.17. The molecule has 2 atom stereocenters. The SMILES string of the molecule is Cc1c(C(C)NC(=O)C(C)CCN)cnn1C. The minimum absolute atomic E-state index is 0.0172. The topological polar surface area (TPSA) is 72.9 Å². The van der Waals surface area contributed by atoms with Crippen molar-refractivity contribution in [3.05, 3.63) is 17.5 Å². The summed E-state index contributed by atoms with van der Waals surface area (Å²) < 4.78 is 1.81. The fourth-order valence-corrected chi connectivity index (χ4v) is 1.76. The van der Waals surface area contributed by atoms with Crippen LogP contribution in [0.3, 0.4) is 0 Å². The number of carbonyl (C=O) groups is 1. The van der Waals surface area contributed by atoms with Gasteiger partial charge in [-0.15, -0.1) is 0 Å². The fraction of sp³-hybridized carbons (Fsp3) is 0.667. The van der Waals surface area contributed by atoms with E-state index in [0.29, 0.717) is 13.0 Å². The molecule has 17 heavy (non-hydrogen) atoms. The minimum Gasteiger partial charge on any atom is -0.349 e. The summed E-state index contributed by atoms with van der Waals surface area (Å²) in [5.74, 6) is 0.00521. The second kappa shape index (κ2) is 5.82. The third kappa shape index (κ3) is 3.30. The second-order valence-corrected chi connectivity index (χ2v) is 4.52. The van der Waals surface area contributed by atoms with Crippen LogP contribution in [-0.4, -0.2) is 22.2 Å². The minimum atomic E-state index is -0.0422. The first-order valence-corrected chi connectivity index (χ1v) is 5.96. The average Bonchev–Trinajstić information content (AvgIpc) is 2.60. The fourth-order valence-electron chi connectivity index (χ4n) is 1.76. The standard InChI is InChI=1S/C12H22N4O/c1-8(5-6-13)12(17)15-9(2)11-7-14-16(4)10(11)3/h7-9H,5-6,13H2,1-4H3,(H,15,17). The first kappa shape index (κ1) is 13.7. The first-order chi connectivity index (χ1) is 7.97. The summed E-state index contributed by atoms with van der Waals surface area (Å²) in [5, 5.41) is 7.16. The molecule has 5 heteroatoms. The maximum Gasteiger partial charge on any atom is 0.223 e. The van der Waals surface area contributed by atoms with Crippen LogP contribution in [0.25, 0.3) is 0 Å². The number of nitrogens with zero attached hydrogens (tertiary/aromatic N) is 2. The maximum atomic E-state index is 11.8. The Bertz CT molecular complexity index is 386. The molecule has 1 amide bonds. The summed E-state index contributed by atoms with van der Waals surface area (Å²) >= 11 is 0. The summed E-state index contributed by atoms with van der Waals surface area (Å²) in [4.78, 5) is 11.8. The van der Waals surface area contributed by atoms with Crippen LogP contribution in [-0.2, 0) is 11.8 Å². The third-order valence-electron chi connectivity index (χ3n) is 3.15. The van der Waals surface area contributed by atoms with Crippen LogP contribution in [0, 0.1) is 12.8 Å². The Morgan fingerprint density at radius 1 is 1.59 bits per heavy atom. The van der Waals surface area contributed by atoms with Crippen LogP contribution in [0.5, 0.6) is 0 Å². The van der Waals surface area contributed by atoms with Crippen molar-refractivity contribution in [1.29, 1.82) is 0 Å². The smallest absolute Gasteiger partial charge is 0.223 e. The third-order valence-corrected chi connectivity index (χ3v) is 3.15. The Labute approximate surface area is 102 Å². The average molecular weight is 238 g/mol. The normalized spacial score (nSPS) is 14.4. The Morgan fingerprint density at radius 3 is 2.71 bits per heavy atom. The Hall–Kier alpha value is -1.36. The van der Waals surface area contributed by atoms with E-state index < -0.39 is 0 Å². The molecular formula is C12H22N4O. The van der Waals surface area contributed by atoms with Crippen molar-refractivity contribution in [2.45, 2.75) is 33.2 Å².